The Balaban J connectivity index is 1.34. The second kappa shape index (κ2) is 7.87. The van der Waals surface area contributed by atoms with Gasteiger partial charge in [0, 0.05) is 12.1 Å². The Bertz CT molecular complexity index is 1510. The predicted molar refractivity (Wildman–Crippen MR) is 115 cm³/mol. The van der Waals surface area contributed by atoms with Crippen LogP contribution in [-0.2, 0) is 0 Å². The normalized spacial score (nSPS) is 11.0. The number of esters is 2. The van der Waals surface area contributed by atoms with E-state index in [0.717, 1.165) is 22.7 Å². The molecule has 0 spiro atoms. The Kier molecular flexibility index (Phi) is 4.88. The highest BCUT2D eigenvalue weighted by atomic mass is 32.1. The number of hydrogen-bond acceptors (Lipinski definition) is 11. The van der Waals surface area contributed by atoms with Crippen LogP contribution in [-0.4, -0.2) is 16.9 Å². The molecular weight excluding hydrogens is 458 g/mol. The monoisotopic (exact) mass is 467 g/mol. The summed E-state index contributed by atoms with van der Waals surface area (Å²) in [5.41, 5.74) is 0.568. The van der Waals surface area contributed by atoms with Crippen LogP contribution in [0.4, 0.5) is 0 Å². The molecule has 3 heterocycles. The van der Waals surface area contributed by atoms with Gasteiger partial charge in [-0.3, -0.25) is 0 Å². The Labute approximate surface area is 185 Å². The highest BCUT2D eigenvalue weighted by molar-refractivity contribution is 7.16. The molecule has 0 atom stereocenters. The summed E-state index contributed by atoms with van der Waals surface area (Å²) < 4.78 is 21.6. The molecular formula is C21H9NO8S2. The van der Waals surface area contributed by atoms with Crippen molar-refractivity contribution >= 4 is 55.2 Å². The SMILES string of the molecule is O=C(Oc1ccc2oc(=O)sc2c1)c1cccc(C(=O)Oc2ccc3oc(=O)sc3c2)n1. The van der Waals surface area contributed by atoms with Crippen LogP contribution in [0.5, 0.6) is 11.5 Å². The van der Waals surface area contributed by atoms with Crippen LogP contribution in [0.3, 0.4) is 0 Å². The average molecular weight is 467 g/mol. The van der Waals surface area contributed by atoms with Crippen molar-refractivity contribution in [3.8, 4) is 11.5 Å². The number of carbonyl (C=O) groups is 2. The molecule has 0 N–H and O–H groups in total. The molecule has 0 radical (unpaired) electrons. The van der Waals surface area contributed by atoms with Crippen LogP contribution in [0.25, 0.3) is 20.6 Å². The van der Waals surface area contributed by atoms with Crippen molar-refractivity contribution in [1.29, 1.82) is 0 Å². The molecule has 3 aromatic heterocycles. The first-order chi connectivity index (χ1) is 15.4. The number of rotatable bonds is 4. The van der Waals surface area contributed by atoms with E-state index < -0.39 is 21.8 Å². The fraction of sp³-hybridized carbons (Fsp3) is 0. The molecule has 32 heavy (non-hydrogen) atoms. The van der Waals surface area contributed by atoms with Gasteiger partial charge in [0.2, 0.25) is 0 Å². The van der Waals surface area contributed by atoms with Gasteiger partial charge in [0.25, 0.3) is 0 Å². The van der Waals surface area contributed by atoms with Gasteiger partial charge < -0.3 is 18.3 Å². The fourth-order valence-electron chi connectivity index (χ4n) is 2.81. The minimum Gasteiger partial charge on any atom is -0.422 e. The van der Waals surface area contributed by atoms with Gasteiger partial charge in [-0.05, 0) is 36.4 Å². The lowest BCUT2D eigenvalue weighted by Gasteiger charge is -2.06. The minimum absolute atomic E-state index is 0.108. The van der Waals surface area contributed by atoms with Crippen LogP contribution in [0.1, 0.15) is 21.0 Å². The standard InChI is InChI=1S/C21H9NO8S2/c23-18(27-10-4-6-14-16(8-10)31-20(25)29-14)12-2-1-3-13(22-12)19(24)28-11-5-7-15-17(9-11)32-21(26)30-15/h1-9H. The second-order valence-corrected chi connectivity index (χ2v) is 8.27. The Morgan fingerprint density at radius 2 is 1.19 bits per heavy atom. The average Bonchev–Trinajstić information content (AvgIpc) is 3.33. The maximum absolute atomic E-state index is 12.5. The largest absolute Gasteiger partial charge is 0.422 e. The third kappa shape index (κ3) is 3.94. The maximum atomic E-state index is 12.5. The van der Waals surface area contributed by atoms with Crippen molar-refractivity contribution in [2.24, 2.45) is 0 Å². The summed E-state index contributed by atoms with van der Waals surface area (Å²) in [6, 6.07) is 13.3. The topological polar surface area (TPSA) is 126 Å². The van der Waals surface area contributed by atoms with E-state index >= 15 is 0 Å². The number of carbonyl (C=O) groups excluding carboxylic acids is 2. The first kappa shape index (κ1) is 19.8. The molecule has 0 aliphatic heterocycles. The Morgan fingerprint density at radius 3 is 1.66 bits per heavy atom. The molecule has 0 amide bonds. The molecule has 5 aromatic rings. The van der Waals surface area contributed by atoms with Crippen LogP contribution in [0.15, 0.2) is 73.0 Å². The Hall–Kier alpha value is -4.09. The van der Waals surface area contributed by atoms with Crippen LogP contribution >= 0.6 is 22.7 Å². The van der Waals surface area contributed by atoms with E-state index in [4.69, 9.17) is 18.3 Å². The molecule has 0 fully saturated rings. The summed E-state index contributed by atoms with van der Waals surface area (Å²) in [6.07, 6.45) is 0. The summed E-state index contributed by atoms with van der Waals surface area (Å²) in [6.45, 7) is 0. The molecule has 0 unspecified atom stereocenters. The molecule has 9 nitrogen and oxygen atoms in total. The summed E-state index contributed by atoms with van der Waals surface area (Å²) >= 11 is 1.77. The number of hydrogen-bond donors (Lipinski definition) is 0. The lowest BCUT2D eigenvalue weighted by molar-refractivity contribution is 0.0723. The number of nitrogens with zero attached hydrogens (tertiary/aromatic N) is 1. The first-order valence-electron chi connectivity index (χ1n) is 8.93. The molecule has 0 bridgehead atoms. The van der Waals surface area contributed by atoms with E-state index in [2.05, 4.69) is 4.98 Å². The van der Waals surface area contributed by atoms with Crippen LogP contribution in [0, 0.1) is 0 Å². The number of fused-ring (bicyclic) bond motifs is 2. The minimum atomic E-state index is -0.792. The van der Waals surface area contributed by atoms with E-state index in [1.54, 1.807) is 0 Å². The summed E-state index contributed by atoms with van der Waals surface area (Å²) in [4.78, 5) is 50.7. The third-order valence-corrected chi connectivity index (χ3v) is 5.77. The van der Waals surface area contributed by atoms with Crippen molar-refractivity contribution in [3.05, 3.63) is 85.5 Å². The zero-order valence-corrected chi connectivity index (χ0v) is 17.4. The van der Waals surface area contributed by atoms with E-state index in [0.29, 0.717) is 20.6 Å². The quantitative estimate of drug-likeness (QED) is 0.286. The molecule has 0 aliphatic carbocycles. The van der Waals surface area contributed by atoms with Gasteiger partial charge in [0.15, 0.2) is 0 Å². The van der Waals surface area contributed by atoms with Gasteiger partial charge in [0.1, 0.15) is 34.1 Å². The molecule has 158 valence electrons. The highest BCUT2D eigenvalue weighted by Gasteiger charge is 2.17. The van der Waals surface area contributed by atoms with E-state index in [9.17, 15) is 19.2 Å². The van der Waals surface area contributed by atoms with Gasteiger partial charge in [-0.15, -0.1) is 0 Å². The zero-order valence-electron chi connectivity index (χ0n) is 15.7. The molecule has 11 heteroatoms. The lowest BCUT2D eigenvalue weighted by Crippen LogP contribution is -2.15. The van der Waals surface area contributed by atoms with Crippen molar-refractivity contribution in [2.45, 2.75) is 0 Å². The van der Waals surface area contributed by atoms with Gasteiger partial charge in [0.05, 0.1) is 9.40 Å². The van der Waals surface area contributed by atoms with Gasteiger partial charge in [-0.2, -0.15) is 0 Å². The van der Waals surface area contributed by atoms with Gasteiger partial charge >= 0.3 is 21.8 Å². The number of pyridine rings is 1. The summed E-state index contributed by atoms with van der Waals surface area (Å²) in [7, 11) is 0. The Morgan fingerprint density at radius 1 is 0.719 bits per heavy atom. The van der Waals surface area contributed by atoms with Gasteiger partial charge in [-0.1, -0.05) is 28.7 Å². The van der Waals surface area contributed by atoms with Gasteiger partial charge in [-0.25, -0.2) is 24.2 Å². The maximum Gasteiger partial charge on any atom is 0.396 e. The highest BCUT2D eigenvalue weighted by Crippen LogP contribution is 2.25. The van der Waals surface area contributed by atoms with Crippen LogP contribution in [0.2, 0.25) is 0 Å². The van der Waals surface area contributed by atoms with Crippen LogP contribution < -0.4 is 19.4 Å². The number of benzene rings is 2. The van der Waals surface area contributed by atoms with Crippen molar-refractivity contribution in [1.82, 2.24) is 4.98 Å². The fourth-order valence-corrected chi connectivity index (χ4v) is 4.21. The smallest absolute Gasteiger partial charge is 0.396 e. The second-order valence-electron chi connectivity index (χ2n) is 6.31. The van der Waals surface area contributed by atoms with Crippen molar-refractivity contribution in [3.63, 3.8) is 0 Å². The van der Waals surface area contributed by atoms with E-state index in [-0.39, 0.29) is 22.9 Å². The zero-order chi connectivity index (χ0) is 22.2. The first-order valence-corrected chi connectivity index (χ1v) is 10.6. The molecule has 0 saturated heterocycles. The van der Waals surface area contributed by atoms with Crippen molar-refractivity contribution in [2.75, 3.05) is 0 Å². The molecule has 2 aromatic carbocycles. The number of ether oxygens (including phenoxy) is 2. The lowest BCUT2D eigenvalue weighted by atomic mass is 10.3. The molecule has 0 aliphatic rings. The van der Waals surface area contributed by atoms with E-state index in [1.165, 1.54) is 54.6 Å². The summed E-state index contributed by atoms with van der Waals surface area (Å²) in [5, 5.41) is 0. The van der Waals surface area contributed by atoms with E-state index in [1.807, 2.05) is 0 Å². The number of aromatic nitrogens is 1. The molecule has 5 rings (SSSR count). The molecule has 0 saturated carbocycles. The third-order valence-electron chi connectivity index (χ3n) is 4.19. The summed E-state index contributed by atoms with van der Waals surface area (Å²) in [5.74, 6) is -1.19. The van der Waals surface area contributed by atoms with Crippen molar-refractivity contribution < 1.29 is 27.9 Å². The predicted octanol–water partition coefficient (Wildman–Crippen LogP) is 3.86.